The summed E-state index contributed by atoms with van der Waals surface area (Å²) >= 11 is 0. The lowest BCUT2D eigenvalue weighted by Gasteiger charge is -2.15. The first kappa shape index (κ1) is 19.2. The normalized spacial score (nSPS) is 9.91. The van der Waals surface area contributed by atoms with Gasteiger partial charge >= 0.3 is 0 Å². The summed E-state index contributed by atoms with van der Waals surface area (Å²) < 4.78 is 0. The molecule has 0 amide bonds. The zero-order valence-corrected chi connectivity index (χ0v) is 16.2. The summed E-state index contributed by atoms with van der Waals surface area (Å²) in [6, 6.07) is 13.2. The van der Waals surface area contributed by atoms with Crippen molar-refractivity contribution in [2.45, 2.75) is 61.8 Å². The van der Waals surface area contributed by atoms with Gasteiger partial charge in [-0.05, 0) is 71.5 Å². The lowest BCUT2D eigenvalue weighted by molar-refractivity contribution is 1.09. The molecule has 0 N–H and O–H groups in total. The fourth-order valence-corrected chi connectivity index (χ4v) is 3.23. The molecule has 0 heterocycles. The van der Waals surface area contributed by atoms with Gasteiger partial charge < -0.3 is 0 Å². The number of hydrogen-bond acceptors (Lipinski definition) is 0. The summed E-state index contributed by atoms with van der Waals surface area (Å²) in [5.74, 6) is 0. The van der Waals surface area contributed by atoms with Crippen molar-refractivity contribution in [3.05, 3.63) is 58.7 Å². The first-order valence-corrected chi connectivity index (χ1v) is 8.90. The Bertz CT molecular complexity index is 711. The second-order valence-electron chi connectivity index (χ2n) is 5.95. The van der Waals surface area contributed by atoms with E-state index in [0.29, 0.717) is 0 Å². The molecule has 0 aliphatic carbocycles. The van der Waals surface area contributed by atoms with Gasteiger partial charge in [-0.1, -0.05) is 70.5 Å². The van der Waals surface area contributed by atoms with Crippen LogP contribution in [0.4, 0.5) is 0 Å². The van der Waals surface area contributed by atoms with Crippen molar-refractivity contribution in [3.63, 3.8) is 0 Å². The quantitative estimate of drug-likeness (QED) is 0.374. The van der Waals surface area contributed by atoms with Crippen LogP contribution < -0.4 is 0 Å². The molecular formula is C23H32. The van der Waals surface area contributed by atoms with E-state index in [4.69, 9.17) is 0 Å². The Labute approximate surface area is 142 Å². The van der Waals surface area contributed by atoms with Crippen LogP contribution in [0.3, 0.4) is 0 Å². The van der Waals surface area contributed by atoms with Crippen LogP contribution in [0.5, 0.6) is 0 Å². The first-order chi connectivity index (χ1) is 11.0. The highest BCUT2D eigenvalue weighted by atomic mass is 14.1. The van der Waals surface area contributed by atoms with Crippen molar-refractivity contribution >= 4 is 21.5 Å². The van der Waals surface area contributed by atoms with Crippen LogP contribution in [0.15, 0.2) is 36.4 Å². The molecule has 23 heavy (non-hydrogen) atoms. The van der Waals surface area contributed by atoms with Crippen LogP contribution in [0.2, 0.25) is 0 Å². The number of hydrogen-bond donors (Lipinski definition) is 0. The Kier molecular flexibility index (Phi) is 7.29. The third kappa shape index (κ3) is 3.75. The standard InChI is InChI=1S/C18H18.C3H8.C2H6/c1-11-7-5-9-15-14(4)18-12(2)8-6-10-16(18)13(3)17(11)15;1-3-2;1-2/h5-10H,1-4H3;3H2,1-2H3;1-2H3. The average Bonchev–Trinajstić information content (AvgIpc) is 2.55. The minimum absolute atomic E-state index is 1.25. The largest absolute Gasteiger partial charge is 0.0683 e. The minimum atomic E-state index is 1.25. The molecule has 0 aliphatic rings. The van der Waals surface area contributed by atoms with Gasteiger partial charge in [-0.3, -0.25) is 0 Å². The Balaban J connectivity index is 0.000000477. The lowest BCUT2D eigenvalue weighted by Crippen LogP contribution is -1.92. The van der Waals surface area contributed by atoms with Crippen molar-refractivity contribution < 1.29 is 0 Å². The molecule has 124 valence electrons. The van der Waals surface area contributed by atoms with Gasteiger partial charge in [-0.15, -0.1) is 0 Å². The van der Waals surface area contributed by atoms with Gasteiger partial charge in [-0.2, -0.15) is 0 Å². The molecule has 0 unspecified atom stereocenters. The van der Waals surface area contributed by atoms with Crippen molar-refractivity contribution in [3.8, 4) is 0 Å². The molecule has 0 aromatic heterocycles. The monoisotopic (exact) mass is 308 g/mol. The third-order valence-electron chi connectivity index (χ3n) is 4.10. The topological polar surface area (TPSA) is 0 Å². The Morgan fingerprint density at radius 2 is 0.913 bits per heavy atom. The van der Waals surface area contributed by atoms with E-state index in [-0.39, 0.29) is 0 Å². The van der Waals surface area contributed by atoms with Gasteiger partial charge in [0.05, 0.1) is 0 Å². The van der Waals surface area contributed by atoms with Crippen LogP contribution in [-0.2, 0) is 0 Å². The van der Waals surface area contributed by atoms with E-state index < -0.39 is 0 Å². The predicted octanol–water partition coefficient (Wildman–Crippen LogP) is 7.67. The molecule has 0 spiro atoms. The van der Waals surface area contributed by atoms with Gasteiger partial charge in [0.1, 0.15) is 0 Å². The summed E-state index contributed by atoms with van der Waals surface area (Å²) in [5, 5.41) is 5.64. The molecule has 0 atom stereocenters. The Hall–Kier alpha value is -1.82. The van der Waals surface area contributed by atoms with Crippen LogP contribution in [-0.4, -0.2) is 0 Å². The molecule has 3 rings (SSSR count). The molecule has 3 aromatic rings. The molecule has 3 aromatic carbocycles. The highest BCUT2D eigenvalue weighted by molar-refractivity contribution is 6.07. The summed E-state index contributed by atoms with van der Waals surface area (Å²) in [6.07, 6.45) is 1.25. The number of rotatable bonds is 0. The van der Waals surface area contributed by atoms with Gasteiger partial charge in [0, 0.05) is 0 Å². The van der Waals surface area contributed by atoms with Crippen LogP contribution in [0.1, 0.15) is 56.4 Å². The molecule has 0 saturated heterocycles. The second kappa shape index (κ2) is 8.72. The zero-order valence-electron chi connectivity index (χ0n) is 16.2. The van der Waals surface area contributed by atoms with Crippen molar-refractivity contribution in [1.82, 2.24) is 0 Å². The minimum Gasteiger partial charge on any atom is -0.0683 e. The highest BCUT2D eigenvalue weighted by Gasteiger charge is 2.11. The second-order valence-corrected chi connectivity index (χ2v) is 5.95. The summed E-state index contributed by atoms with van der Waals surface area (Å²) in [7, 11) is 0. The van der Waals surface area contributed by atoms with E-state index in [1.54, 1.807) is 0 Å². The van der Waals surface area contributed by atoms with E-state index in [0.717, 1.165) is 0 Å². The fraction of sp³-hybridized carbons (Fsp3) is 0.391. The molecule has 0 aliphatic heterocycles. The Morgan fingerprint density at radius 3 is 1.22 bits per heavy atom. The maximum absolute atomic E-state index is 2.25. The fourth-order valence-electron chi connectivity index (χ4n) is 3.23. The molecule has 0 saturated carbocycles. The lowest BCUT2D eigenvalue weighted by atomic mass is 9.89. The molecular weight excluding hydrogens is 276 g/mol. The zero-order chi connectivity index (χ0) is 17.6. The summed E-state index contributed by atoms with van der Waals surface area (Å²) in [4.78, 5) is 0. The van der Waals surface area contributed by atoms with E-state index in [1.807, 2.05) is 13.8 Å². The smallest absolute Gasteiger partial charge is 0.0116 e. The predicted molar refractivity (Wildman–Crippen MR) is 108 cm³/mol. The van der Waals surface area contributed by atoms with Gasteiger partial charge in [-0.25, -0.2) is 0 Å². The van der Waals surface area contributed by atoms with Gasteiger partial charge in [0.2, 0.25) is 0 Å². The number of fused-ring (bicyclic) bond motifs is 2. The van der Waals surface area contributed by atoms with E-state index in [9.17, 15) is 0 Å². The van der Waals surface area contributed by atoms with Gasteiger partial charge in [0.15, 0.2) is 0 Å². The van der Waals surface area contributed by atoms with E-state index in [2.05, 4.69) is 77.9 Å². The van der Waals surface area contributed by atoms with E-state index in [1.165, 1.54) is 50.2 Å². The summed E-state index contributed by atoms with van der Waals surface area (Å²) in [6.45, 7) is 17.2. The molecule has 0 nitrogen and oxygen atoms in total. The molecule has 0 fully saturated rings. The molecule has 0 bridgehead atoms. The highest BCUT2D eigenvalue weighted by Crippen LogP contribution is 2.35. The van der Waals surface area contributed by atoms with Crippen molar-refractivity contribution in [2.24, 2.45) is 0 Å². The van der Waals surface area contributed by atoms with Crippen molar-refractivity contribution in [2.75, 3.05) is 0 Å². The SMILES string of the molecule is CC.CCC.Cc1cccc2c(C)c3c(C)cccc3c(C)c12. The average molecular weight is 309 g/mol. The van der Waals surface area contributed by atoms with E-state index >= 15 is 0 Å². The molecule has 0 radical (unpaired) electrons. The van der Waals surface area contributed by atoms with Crippen LogP contribution >= 0.6 is 0 Å². The van der Waals surface area contributed by atoms with Crippen LogP contribution in [0, 0.1) is 27.7 Å². The maximum atomic E-state index is 2.25. The summed E-state index contributed by atoms with van der Waals surface area (Å²) in [5.41, 5.74) is 5.56. The van der Waals surface area contributed by atoms with Crippen LogP contribution in [0.25, 0.3) is 21.5 Å². The molecule has 0 heteroatoms. The third-order valence-corrected chi connectivity index (χ3v) is 4.10. The van der Waals surface area contributed by atoms with Crippen molar-refractivity contribution in [1.29, 1.82) is 0 Å². The van der Waals surface area contributed by atoms with Gasteiger partial charge in [0.25, 0.3) is 0 Å². The number of aryl methyl sites for hydroxylation is 4. The Morgan fingerprint density at radius 1 is 0.609 bits per heavy atom. The maximum Gasteiger partial charge on any atom is -0.0116 e. The first-order valence-electron chi connectivity index (χ1n) is 8.90. The number of benzene rings is 3.